The van der Waals surface area contributed by atoms with Gasteiger partial charge in [0.25, 0.3) is 0 Å². The maximum atomic E-state index is 13.2. The summed E-state index contributed by atoms with van der Waals surface area (Å²) < 4.78 is 47.9. The van der Waals surface area contributed by atoms with E-state index < -0.39 is 159 Å². The average molecular weight is 1030 g/mol. The molecule has 21 nitrogen and oxygen atoms in total. The Bertz CT molecular complexity index is 1990. The normalized spacial score (nSPS) is 54.3. The van der Waals surface area contributed by atoms with Gasteiger partial charge in [0.15, 0.2) is 25.2 Å². The molecule has 0 amide bonds. The van der Waals surface area contributed by atoms with Crippen molar-refractivity contribution in [2.75, 3.05) is 26.4 Å². The van der Waals surface area contributed by atoms with Gasteiger partial charge in [-0.15, -0.1) is 0 Å². The number of aliphatic hydroxyl groups excluding tert-OH is 11. The van der Waals surface area contributed by atoms with Crippen LogP contribution in [0.4, 0.5) is 0 Å². The summed E-state index contributed by atoms with van der Waals surface area (Å²) >= 11 is 0. The second kappa shape index (κ2) is 19.7. The smallest absolute Gasteiger partial charge is 0.312 e. The summed E-state index contributed by atoms with van der Waals surface area (Å²) in [6.45, 7) is 13.8. The molecule has 0 aromatic rings. The van der Waals surface area contributed by atoms with Gasteiger partial charge in [-0.05, 0) is 103 Å². The lowest BCUT2D eigenvalue weighted by molar-refractivity contribution is -0.385. The minimum absolute atomic E-state index is 0.0569. The van der Waals surface area contributed by atoms with Crippen LogP contribution in [0.5, 0.6) is 0 Å². The Balaban J connectivity index is 0.915. The van der Waals surface area contributed by atoms with Crippen LogP contribution >= 0.6 is 0 Å². The molecule has 5 aliphatic carbocycles. The number of carboxylic acids is 1. The van der Waals surface area contributed by atoms with Crippen molar-refractivity contribution in [3.05, 3.63) is 11.6 Å². The highest BCUT2D eigenvalue weighted by Crippen LogP contribution is 2.76. The van der Waals surface area contributed by atoms with Gasteiger partial charge in [-0.3, -0.25) is 4.79 Å². The number of rotatable bonds is 10. The van der Waals surface area contributed by atoms with Crippen LogP contribution in [0.25, 0.3) is 0 Å². The van der Waals surface area contributed by atoms with E-state index in [9.17, 15) is 66.1 Å². The molecule has 0 bridgehead atoms. The third kappa shape index (κ3) is 8.77. The van der Waals surface area contributed by atoms with Crippen LogP contribution in [0.1, 0.15) is 106 Å². The maximum Gasteiger partial charge on any atom is 0.312 e. The van der Waals surface area contributed by atoms with Gasteiger partial charge in [0, 0.05) is 0 Å². The number of hydrogen-bond acceptors (Lipinski definition) is 20. The van der Waals surface area contributed by atoms with Crippen molar-refractivity contribution >= 4 is 5.97 Å². The van der Waals surface area contributed by atoms with E-state index in [0.717, 1.165) is 32.1 Å². The van der Waals surface area contributed by atoms with Crippen LogP contribution in [0.3, 0.4) is 0 Å². The molecule has 0 radical (unpaired) electrons. The molecule has 9 rings (SSSR count). The van der Waals surface area contributed by atoms with Gasteiger partial charge in [-0.25, -0.2) is 0 Å². The highest BCUT2D eigenvalue weighted by atomic mass is 16.8. The predicted octanol–water partition coefficient (Wildman–Crippen LogP) is -0.581. The molecule has 4 saturated heterocycles. The Morgan fingerprint density at radius 3 is 1.82 bits per heavy atom. The zero-order valence-electron chi connectivity index (χ0n) is 42.5. The molecule has 0 unspecified atom stereocenters. The van der Waals surface area contributed by atoms with Crippen molar-refractivity contribution in [2.24, 2.45) is 50.2 Å². The first-order valence-corrected chi connectivity index (χ1v) is 26.1. The number of aliphatic hydroxyl groups is 11. The molecular weight excluding hydrogens is 949 g/mol. The Labute approximate surface area is 420 Å². The van der Waals surface area contributed by atoms with E-state index in [1.54, 1.807) is 0 Å². The van der Waals surface area contributed by atoms with Gasteiger partial charge >= 0.3 is 5.97 Å². The summed E-state index contributed by atoms with van der Waals surface area (Å²) in [7, 11) is 0. The quantitative estimate of drug-likeness (QED) is 0.0962. The van der Waals surface area contributed by atoms with Crippen LogP contribution in [0.2, 0.25) is 0 Å². The van der Waals surface area contributed by atoms with Crippen molar-refractivity contribution < 1.29 is 104 Å². The van der Waals surface area contributed by atoms with Gasteiger partial charge in [0.1, 0.15) is 84.8 Å². The molecule has 0 aromatic carbocycles. The van der Waals surface area contributed by atoms with Crippen LogP contribution in [0.15, 0.2) is 11.6 Å². The van der Waals surface area contributed by atoms with Crippen molar-refractivity contribution in [2.45, 2.75) is 223 Å². The first kappa shape index (κ1) is 55.2. The minimum Gasteiger partial charge on any atom is -0.481 e. The maximum absolute atomic E-state index is 13.2. The fourth-order valence-corrected chi connectivity index (χ4v) is 15.9. The lowest BCUT2D eigenvalue weighted by Gasteiger charge is -2.71. The first-order valence-electron chi connectivity index (χ1n) is 26.1. The summed E-state index contributed by atoms with van der Waals surface area (Å²) in [5.74, 6) is -0.803. The Kier molecular flexibility index (Phi) is 15.1. The molecule has 4 aliphatic heterocycles. The van der Waals surface area contributed by atoms with Gasteiger partial charge in [-0.2, -0.15) is 0 Å². The van der Waals surface area contributed by atoms with E-state index in [0.29, 0.717) is 25.7 Å². The van der Waals surface area contributed by atoms with Gasteiger partial charge in [0.2, 0.25) is 0 Å². The van der Waals surface area contributed by atoms with Crippen molar-refractivity contribution in [3.8, 4) is 0 Å². The molecular formula is C51H82O21. The number of hydrogen-bond donors (Lipinski definition) is 12. The lowest BCUT2D eigenvalue weighted by Crippen LogP contribution is -2.68. The topological polar surface area (TPSA) is 334 Å². The first-order chi connectivity index (χ1) is 33.7. The standard InChI is InChI=1S/C51H82O21/c1-46(2)14-15-51(45(63)64)23(16-46)22-8-9-29-48(5)12-11-31(47(3,4)28(48)10-13-49(29,6)50(22,7)17-30(51)56)69-43-39(32(57)24(53)19-66-43)72-44-40(33(58)25(54)20-67-44)71-41-37(62)38(26(55)21-65-41)70-42-36(61)35(60)34(59)27(18-52)68-42/h8,23-44,52-62H,9-21H2,1-7H3,(H,63,64)/t23-,24+,25+,26+,27+,28-,29+,30+,31-,32-,33-,34+,35-,36+,37+,38-,39+,40+,41-,42-,43-,44-,48-,49+,50+,51+/m0/s1. The second-order valence-electron chi connectivity index (χ2n) is 25.0. The zero-order chi connectivity index (χ0) is 52.4. The fraction of sp³-hybridized carbons (Fsp3) is 0.941. The SMILES string of the molecule is CC1(C)CC[C@]2(C(=O)O)[C@H](O)C[C@]3(C)C(=CC[C@@H]4[C@@]5(C)CC[C@H](O[C@@H]6OC[C@@H](O)[C@H](O)[C@H]6O[C@@H]6OC[C@@H](O)[C@H](O)[C@H]6O[C@@H]6OC[C@@H](O)[C@H](O[C@@H]7O[C@H](CO)[C@@H](O)[C@H](O)[C@H]7O)[C@H]6O)C(C)(C)[C@@H]5CC[C@]43C)[C@@H]2C1. The molecule has 21 heteroatoms. The van der Waals surface area contributed by atoms with Gasteiger partial charge < -0.3 is 99.2 Å². The van der Waals surface area contributed by atoms with Crippen molar-refractivity contribution in [3.63, 3.8) is 0 Å². The number of aliphatic carboxylic acids is 1. The van der Waals surface area contributed by atoms with E-state index >= 15 is 0 Å². The molecule has 4 saturated carbocycles. The molecule has 8 fully saturated rings. The molecule has 0 spiro atoms. The summed E-state index contributed by atoms with van der Waals surface area (Å²) in [5, 5.41) is 130. The molecule has 72 heavy (non-hydrogen) atoms. The van der Waals surface area contributed by atoms with E-state index in [1.807, 2.05) is 0 Å². The van der Waals surface area contributed by atoms with Gasteiger partial charge in [-0.1, -0.05) is 60.1 Å². The van der Waals surface area contributed by atoms with Crippen LogP contribution in [0, 0.1) is 50.2 Å². The largest absolute Gasteiger partial charge is 0.481 e. The van der Waals surface area contributed by atoms with Crippen LogP contribution < -0.4 is 0 Å². The van der Waals surface area contributed by atoms with Crippen molar-refractivity contribution in [1.82, 2.24) is 0 Å². The van der Waals surface area contributed by atoms with Crippen LogP contribution in [-0.4, -0.2) is 210 Å². The number of carboxylic acid groups (broad SMARTS) is 1. The van der Waals surface area contributed by atoms with E-state index in [-0.39, 0.29) is 40.6 Å². The van der Waals surface area contributed by atoms with Gasteiger partial charge in [0.05, 0.1) is 38.6 Å². The zero-order valence-corrected chi connectivity index (χ0v) is 42.5. The Morgan fingerprint density at radius 2 is 1.19 bits per heavy atom. The average Bonchev–Trinajstić information content (AvgIpc) is 3.31. The number of ether oxygens (including phenoxy) is 8. The second-order valence-corrected chi connectivity index (χ2v) is 25.0. The molecule has 0 aromatic heterocycles. The molecule has 26 atom stereocenters. The highest BCUT2D eigenvalue weighted by Gasteiger charge is 2.71. The number of fused-ring (bicyclic) bond motifs is 7. The van der Waals surface area contributed by atoms with E-state index in [1.165, 1.54) is 5.57 Å². The van der Waals surface area contributed by atoms with E-state index in [2.05, 4.69) is 54.5 Å². The summed E-state index contributed by atoms with van der Waals surface area (Å²) in [4.78, 5) is 13.2. The highest BCUT2D eigenvalue weighted by molar-refractivity contribution is 5.77. The Hall–Kier alpha value is -1.55. The van der Waals surface area contributed by atoms with E-state index in [4.69, 9.17) is 37.9 Å². The Morgan fingerprint density at radius 1 is 0.611 bits per heavy atom. The number of allylic oxidation sites excluding steroid dienone is 2. The molecule has 9 aliphatic rings. The fourth-order valence-electron chi connectivity index (χ4n) is 15.9. The third-order valence-electron chi connectivity index (χ3n) is 20.3. The van der Waals surface area contributed by atoms with Crippen molar-refractivity contribution in [1.29, 1.82) is 0 Å². The molecule has 412 valence electrons. The summed E-state index contributed by atoms with van der Waals surface area (Å²) in [6.07, 6.45) is -20.5. The monoisotopic (exact) mass is 1030 g/mol. The summed E-state index contributed by atoms with van der Waals surface area (Å²) in [5.41, 5.74) is -1.37. The molecule has 12 N–H and O–H groups in total. The summed E-state index contributed by atoms with van der Waals surface area (Å²) in [6, 6.07) is 0. The molecule has 4 heterocycles. The predicted molar refractivity (Wildman–Crippen MR) is 247 cm³/mol. The lowest BCUT2D eigenvalue weighted by atomic mass is 9.33. The minimum atomic E-state index is -1.89. The third-order valence-corrected chi connectivity index (χ3v) is 20.3. The number of carbonyl (C=O) groups is 1. The van der Waals surface area contributed by atoms with Crippen LogP contribution in [-0.2, 0) is 42.7 Å².